The minimum atomic E-state index is 0.935. The fourth-order valence-corrected chi connectivity index (χ4v) is 1.16. The normalized spacial score (nSPS) is 13.1. The third-order valence-corrected chi connectivity index (χ3v) is 1.94. The topological polar surface area (TPSA) is 24.4 Å². The molecule has 0 aliphatic heterocycles. The van der Waals surface area contributed by atoms with Gasteiger partial charge in [-0.05, 0) is 32.8 Å². The van der Waals surface area contributed by atoms with Crippen LogP contribution in [0.2, 0.25) is 0 Å². The Morgan fingerprint density at radius 3 is 2.50 bits per heavy atom. The Balaban J connectivity index is 3.83. The van der Waals surface area contributed by atoms with Crippen LogP contribution in [-0.2, 0) is 0 Å². The lowest BCUT2D eigenvalue weighted by Crippen LogP contribution is -2.13. The van der Waals surface area contributed by atoms with Crippen molar-refractivity contribution >= 4 is 5.71 Å². The highest BCUT2D eigenvalue weighted by Gasteiger charge is 1.89. The van der Waals surface area contributed by atoms with Crippen LogP contribution in [0.15, 0.2) is 16.8 Å². The van der Waals surface area contributed by atoms with Gasteiger partial charge >= 0.3 is 0 Å². The molecule has 2 nitrogen and oxygen atoms in total. The molecule has 1 N–H and O–H groups in total. The van der Waals surface area contributed by atoms with E-state index in [1.54, 1.807) is 0 Å². The van der Waals surface area contributed by atoms with Crippen molar-refractivity contribution in [3.05, 3.63) is 11.8 Å². The van der Waals surface area contributed by atoms with Crippen molar-refractivity contribution in [1.82, 2.24) is 5.32 Å². The Kier molecular flexibility index (Phi) is 8.30. The van der Waals surface area contributed by atoms with Crippen molar-refractivity contribution in [2.75, 3.05) is 13.1 Å². The van der Waals surface area contributed by atoms with Crippen LogP contribution in [0.1, 0.15) is 47.0 Å². The molecule has 0 atom stereocenters. The van der Waals surface area contributed by atoms with Gasteiger partial charge < -0.3 is 5.32 Å². The molecular weight excluding hydrogens is 172 g/mol. The molecule has 0 saturated carbocycles. The van der Waals surface area contributed by atoms with Crippen LogP contribution in [0.4, 0.5) is 0 Å². The largest absolute Gasteiger partial charge is 0.389 e. The van der Waals surface area contributed by atoms with Gasteiger partial charge in [0.1, 0.15) is 0 Å². The van der Waals surface area contributed by atoms with Crippen molar-refractivity contribution in [3.63, 3.8) is 0 Å². The molecule has 0 radical (unpaired) electrons. The van der Waals surface area contributed by atoms with Gasteiger partial charge in [-0.3, -0.25) is 4.99 Å². The summed E-state index contributed by atoms with van der Waals surface area (Å²) < 4.78 is 0. The zero-order valence-corrected chi connectivity index (χ0v) is 10.1. The molecule has 0 aliphatic carbocycles. The van der Waals surface area contributed by atoms with Crippen molar-refractivity contribution in [2.45, 2.75) is 47.0 Å². The average Bonchev–Trinajstić information content (AvgIpc) is 2.15. The zero-order valence-electron chi connectivity index (χ0n) is 10.1. The summed E-state index contributed by atoms with van der Waals surface area (Å²) in [6.45, 7) is 10.5. The summed E-state index contributed by atoms with van der Waals surface area (Å²) in [7, 11) is 0. The number of nitrogens with one attached hydrogen (secondary N) is 1. The molecule has 82 valence electrons. The number of allylic oxidation sites excluding steroid dienone is 2. The fourth-order valence-electron chi connectivity index (χ4n) is 1.16. The van der Waals surface area contributed by atoms with Crippen molar-refractivity contribution < 1.29 is 0 Å². The summed E-state index contributed by atoms with van der Waals surface area (Å²) in [6, 6.07) is 0. The molecule has 0 amide bonds. The van der Waals surface area contributed by atoms with Crippen LogP contribution < -0.4 is 5.32 Å². The number of unbranched alkanes of at least 4 members (excludes halogenated alkanes) is 1. The van der Waals surface area contributed by atoms with E-state index in [4.69, 9.17) is 0 Å². The minimum absolute atomic E-state index is 0.935. The van der Waals surface area contributed by atoms with Gasteiger partial charge in [0.05, 0.1) is 0 Å². The Morgan fingerprint density at radius 2 is 1.93 bits per heavy atom. The number of hydrogen-bond acceptors (Lipinski definition) is 2. The predicted molar refractivity (Wildman–Crippen MR) is 64.9 cm³/mol. The first kappa shape index (κ1) is 13.2. The smallest absolute Gasteiger partial charge is 0.0389 e. The minimum Gasteiger partial charge on any atom is -0.389 e. The molecule has 0 spiro atoms. The highest BCUT2D eigenvalue weighted by Crippen LogP contribution is 1.92. The summed E-state index contributed by atoms with van der Waals surface area (Å²) in [4.78, 5) is 4.41. The first-order chi connectivity index (χ1) is 6.70. The van der Waals surface area contributed by atoms with E-state index in [0.717, 1.165) is 25.2 Å². The fraction of sp³-hybridized carbons (Fsp3) is 0.750. The van der Waals surface area contributed by atoms with Crippen molar-refractivity contribution in [1.29, 1.82) is 0 Å². The van der Waals surface area contributed by atoms with Gasteiger partial charge in [0, 0.05) is 24.5 Å². The van der Waals surface area contributed by atoms with Gasteiger partial charge in [0.25, 0.3) is 0 Å². The van der Waals surface area contributed by atoms with Gasteiger partial charge in [-0.2, -0.15) is 0 Å². The third kappa shape index (κ3) is 7.84. The number of nitrogens with zero attached hydrogens (tertiary/aromatic N) is 1. The maximum atomic E-state index is 4.41. The van der Waals surface area contributed by atoms with Gasteiger partial charge in [-0.15, -0.1) is 0 Å². The highest BCUT2D eigenvalue weighted by atomic mass is 14.9. The van der Waals surface area contributed by atoms with Gasteiger partial charge in [-0.1, -0.05) is 20.3 Å². The summed E-state index contributed by atoms with van der Waals surface area (Å²) in [5.74, 6) is 0. The van der Waals surface area contributed by atoms with Gasteiger partial charge in [0.15, 0.2) is 0 Å². The molecule has 0 heterocycles. The van der Waals surface area contributed by atoms with E-state index in [9.17, 15) is 0 Å². The van der Waals surface area contributed by atoms with Crippen LogP contribution >= 0.6 is 0 Å². The zero-order chi connectivity index (χ0) is 10.8. The molecule has 0 bridgehead atoms. The van der Waals surface area contributed by atoms with E-state index in [2.05, 4.69) is 44.1 Å². The second-order valence-corrected chi connectivity index (χ2v) is 3.63. The summed E-state index contributed by atoms with van der Waals surface area (Å²) in [5, 5.41) is 3.37. The van der Waals surface area contributed by atoms with Crippen LogP contribution in [0.25, 0.3) is 0 Å². The molecule has 0 fully saturated rings. The maximum Gasteiger partial charge on any atom is 0.0389 e. The Hall–Kier alpha value is -0.790. The molecule has 0 aromatic carbocycles. The molecule has 2 heteroatoms. The Labute approximate surface area is 88.5 Å². The number of rotatable bonds is 7. The lowest BCUT2D eigenvalue weighted by molar-refractivity contribution is 0.711. The molecule has 0 aromatic rings. The van der Waals surface area contributed by atoms with E-state index in [0.29, 0.717) is 0 Å². The van der Waals surface area contributed by atoms with Crippen LogP contribution in [0.5, 0.6) is 0 Å². The summed E-state index contributed by atoms with van der Waals surface area (Å²) in [5.41, 5.74) is 2.34. The molecular formula is C12H24N2. The first-order valence-corrected chi connectivity index (χ1v) is 5.63. The second-order valence-electron chi connectivity index (χ2n) is 3.63. The second kappa shape index (κ2) is 8.79. The monoisotopic (exact) mass is 196 g/mol. The van der Waals surface area contributed by atoms with E-state index in [1.807, 2.05) is 0 Å². The van der Waals surface area contributed by atoms with E-state index in [1.165, 1.54) is 18.5 Å². The first-order valence-electron chi connectivity index (χ1n) is 5.63. The predicted octanol–water partition coefficient (Wildman–Crippen LogP) is 3.15. The number of aliphatic imine (C=N–C) groups is 1. The third-order valence-electron chi connectivity index (χ3n) is 1.94. The summed E-state index contributed by atoms with van der Waals surface area (Å²) in [6.07, 6.45) is 5.71. The number of hydrogen-bond donors (Lipinski definition) is 1. The lowest BCUT2D eigenvalue weighted by atomic mass is 10.3. The van der Waals surface area contributed by atoms with E-state index >= 15 is 0 Å². The highest BCUT2D eigenvalue weighted by molar-refractivity contribution is 5.93. The molecule has 0 unspecified atom stereocenters. The molecule has 0 aromatic heterocycles. The quantitative estimate of drug-likeness (QED) is 0.491. The lowest BCUT2D eigenvalue weighted by Gasteiger charge is -2.05. The van der Waals surface area contributed by atoms with Crippen LogP contribution in [0.3, 0.4) is 0 Å². The molecule has 0 aliphatic rings. The molecule has 14 heavy (non-hydrogen) atoms. The van der Waals surface area contributed by atoms with E-state index < -0.39 is 0 Å². The van der Waals surface area contributed by atoms with Crippen LogP contribution in [-0.4, -0.2) is 18.8 Å². The van der Waals surface area contributed by atoms with Gasteiger partial charge in [0.2, 0.25) is 0 Å². The Bertz CT molecular complexity index is 192. The summed E-state index contributed by atoms with van der Waals surface area (Å²) >= 11 is 0. The van der Waals surface area contributed by atoms with Gasteiger partial charge in [-0.25, -0.2) is 0 Å². The average molecular weight is 196 g/mol. The molecule has 0 rings (SSSR count). The van der Waals surface area contributed by atoms with Crippen molar-refractivity contribution in [2.24, 2.45) is 4.99 Å². The standard InChI is InChI=1S/C12H24N2/c1-5-7-9-14-12(4)10-11(3)13-8-6-2/h10,14H,5-9H2,1-4H3/b12-10-,13-11?. The molecule has 0 saturated heterocycles. The van der Waals surface area contributed by atoms with Crippen molar-refractivity contribution in [3.8, 4) is 0 Å². The van der Waals surface area contributed by atoms with E-state index in [-0.39, 0.29) is 0 Å². The Morgan fingerprint density at radius 1 is 1.21 bits per heavy atom. The van der Waals surface area contributed by atoms with Crippen LogP contribution in [0, 0.1) is 0 Å². The maximum absolute atomic E-state index is 4.41. The SMILES string of the molecule is CCCCN/C(C)=C\C(C)=NCCC.